The Hall–Kier alpha value is -2.90. The van der Waals surface area contributed by atoms with E-state index in [9.17, 15) is 35.2 Å². The first-order valence-corrected chi connectivity index (χ1v) is 12.4. The second kappa shape index (κ2) is 8.92. The van der Waals surface area contributed by atoms with E-state index in [0.717, 1.165) is 37.4 Å². The number of carbonyl (C=O) groups excluding carboxylic acids is 2. The zero-order valence-electron chi connectivity index (χ0n) is 16.6. The fourth-order valence-corrected chi connectivity index (χ4v) is 6.12. The van der Waals surface area contributed by atoms with E-state index in [2.05, 4.69) is 14.8 Å². The average molecular weight is 488 g/mol. The summed E-state index contributed by atoms with van der Waals surface area (Å²) in [5, 5.41) is 2.18. The van der Waals surface area contributed by atoms with Crippen molar-refractivity contribution in [2.75, 3.05) is 23.9 Å². The van der Waals surface area contributed by atoms with Gasteiger partial charge in [0.2, 0.25) is 10.0 Å². The molecule has 0 saturated carbocycles. The number of carbonyl (C=O) groups is 2. The standard InChI is InChI=1S/C19H18F2N2O7S2/c1-30-19(25)14-8-17(16(21)9-15(14)20)22-18(24)11-2-4-13(5-3-11)32(28,29)23-12-6-7-31(26,27)10-12/h2-5,8-9,12,23H,6-7,10H2,1H3,(H,22,24). The zero-order chi connectivity index (χ0) is 23.7. The molecule has 13 heteroatoms. The highest BCUT2D eigenvalue weighted by Crippen LogP contribution is 2.22. The molecule has 1 heterocycles. The average Bonchev–Trinajstić information content (AvgIpc) is 3.06. The number of sulfone groups is 1. The molecule has 1 aliphatic heterocycles. The molecule has 0 bridgehead atoms. The number of methoxy groups -OCH3 is 1. The number of nitrogens with one attached hydrogen (secondary N) is 2. The molecule has 1 fully saturated rings. The summed E-state index contributed by atoms with van der Waals surface area (Å²) < 4.78 is 82.3. The molecule has 1 aliphatic rings. The SMILES string of the molecule is COC(=O)c1cc(NC(=O)c2ccc(S(=O)(=O)NC3CCS(=O)(=O)C3)cc2)c(F)cc1F. The monoisotopic (exact) mass is 488 g/mol. The predicted molar refractivity (Wildman–Crippen MR) is 109 cm³/mol. The number of benzene rings is 2. The predicted octanol–water partition coefficient (Wildman–Crippen LogP) is 1.47. The smallest absolute Gasteiger partial charge is 0.340 e. The number of amides is 1. The van der Waals surface area contributed by atoms with Crippen LogP contribution < -0.4 is 10.0 Å². The molecular weight excluding hydrogens is 470 g/mol. The molecule has 172 valence electrons. The highest BCUT2D eigenvalue weighted by molar-refractivity contribution is 7.92. The van der Waals surface area contributed by atoms with Crippen molar-refractivity contribution in [3.63, 3.8) is 0 Å². The van der Waals surface area contributed by atoms with Crippen molar-refractivity contribution in [1.82, 2.24) is 4.72 Å². The van der Waals surface area contributed by atoms with Gasteiger partial charge in [0.25, 0.3) is 5.91 Å². The Morgan fingerprint density at radius 2 is 1.75 bits per heavy atom. The van der Waals surface area contributed by atoms with Crippen LogP contribution in [0, 0.1) is 11.6 Å². The largest absolute Gasteiger partial charge is 0.465 e. The van der Waals surface area contributed by atoms with Gasteiger partial charge in [0.05, 0.1) is 34.8 Å². The van der Waals surface area contributed by atoms with Crippen molar-refractivity contribution in [3.8, 4) is 0 Å². The molecule has 1 saturated heterocycles. The third-order valence-corrected chi connectivity index (χ3v) is 8.00. The van der Waals surface area contributed by atoms with Crippen molar-refractivity contribution in [2.24, 2.45) is 0 Å². The molecule has 1 unspecified atom stereocenters. The molecule has 2 aromatic rings. The second-order valence-corrected chi connectivity index (χ2v) is 10.9. The molecule has 2 aromatic carbocycles. The van der Waals surface area contributed by atoms with Crippen LogP contribution in [-0.4, -0.2) is 53.4 Å². The molecule has 2 N–H and O–H groups in total. The van der Waals surface area contributed by atoms with Crippen molar-refractivity contribution in [1.29, 1.82) is 0 Å². The highest BCUT2D eigenvalue weighted by atomic mass is 32.2. The third-order valence-electron chi connectivity index (χ3n) is 4.69. The lowest BCUT2D eigenvalue weighted by molar-refractivity contribution is 0.0595. The first kappa shape index (κ1) is 23.8. The number of halogens is 2. The van der Waals surface area contributed by atoms with Gasteiger partial charge in [-0.05, 0) is 36.8 Å². The van der Waals surface area contributed by atoms with Crippen LogP contribution in [0.15, 0.2) is 41.3 Å². The van der Waals surface area contributed by atoms with Crippen LogP contribution in [0.5, 0.6) is 0 Å². The number of sulfonamides is 1. The van der Waals surface area contributed by atoms with Gasteiger partial charge in [-0.1, -0.05) is 0 Å². The summed E-state index contributed by atoms with van der Waals surface area (Å²) in [7, 11) is -6.29. The van der Waals surface area contributed by atoms with Crippen LogP contribution in [-0.2, 0) is 24.6 Å². The Kier molecular flexibility index (Phi) is 6.62. The topological polar surface area (TPSA) is 136 Å². The van der Waals surface area contributed by atoms with E-state index in [0.29, 0.717) is 6.07 Å². The molecule has 9 nitrogen and oxygen atoms in total. The van der Waals surface area contributed by atoms with Gasteiger partial charge >= 0.3 is 5.97 Å². The van der Waals surface area contributed by atoms with Gasteiger partial charge < -0.3 is 10.1 Å². The molecule has 1 amide bonds. The molecule has 32 heavy (non-hydrogen) atoms. The Labute approximate surface area is 182 Å². The summed E-state index contributed by atoms with van der Waals surface area (Å²) in [6.07, 6.45) is 0.166. The van der Waals surface area contributed by atoms with Gasteiger partial charge in [0.15, 0.2) is 9.84 Å². The molecule has 1 atom stereocenters. The van der Waals surface area contributed by atoms with E-state index in [1.54, 1.807) is 0 Å². The normalized spacial score (nSPS) is 17.7. The first-order valence-electron chi connectivity index (χ1n) is 9.13. The van der Waals surface area contributed by atoms with Crippen molar-refractivity contribution in [2.45, 2.75) is 17.4 Å². The molecule has 0 aliphatic carbocycles. The summed E-state index contributed by atoms with van der Waals surface area (Å²) in [4.78, 5) is 23.7. The lowest BCUT2D eigenvalue weighted by atomic mass is 10.1. The zero-order valence-corrected chi connectivity index (χ0v) is 18.2. The Morgan fingerprint density at radius 3 is 2.31 bits per heavy atom. The summed E-state index contributed by atoms with van der Waals surface area (Å²) in [6.45, 7) is 0. The third kappa shape index (κ3) is 5.29. The number of anilines is 1. The van der Waals surface area contributed by atoms with Gasteiger partial charge in [-0.15, -0.1) is 0 Å². The molecule has 0 radical (unpaired) electrons. The summed E-state index contributed by atoms with van der Waals surface area (Å²) >= 11 is 0. The van der Waals surface area contributed by atoms with Gasteiger partial charge in [0.1, 0.15) is 11.6 Å². The van der Waals surface area contributed by atoms with Crippen molar-refractivity contribution >= 4 is 37.4 Å². The Balaban J connectivity index is 1.75. The van der Waals surface area contributed by atoms with Crippen LogP contribution in [0.2, 0.25) is 0 Å². The van der Waals surface area contributed by atoms with Crippen LogP contribution in [0.25, 0.3) is 0 Å². The van der Waals surface area contributed by atoms with Gasteiger partial charge in [-0.25, -0.2) is 35.1 Å². The van der Waals surface area contributed by atoms with Crippen molar-refractivity contribution in [3.05, 3.63) is 59.2 Å². The minimum atomic E-state index is -4.02. The van der Waals surface area contributed by atoms with Crippen LogP contribution >= 0.6 is 0 Å². The Bertz CT molecular complexity index is 1280. The molecule has 3 rings (SSSR count). The van der Waals surface area contributed by atoms with Crippen LogP contribution in [0.4, 0.5) is 14.5 Å². The minimum absolute atomic E-state index is 0.0456. The fourth-order valence-electron chi connectivity index (χ4n) is 3.07. The quantitative estimate of drug-likeness (QED) is 0.588. The summed E-state index contributed by atoms with van der Waals surface area (Å²) in [5.41, 5.74) is -1.10. The number of hydrogen-bond donors (Lipinski definition) is 2. The Morgan fingerprint density at radius 1 is 1.09 bits per heavy atom. The van der Waals surface area contributed by atoms with E-state index in [4.69, 9.17) is 0 Å². The van der Waals surface area contributed by atoms with Crippen molar-refractivity contribution < 1.29 is 39.9 Å². The van der Waals surface area contributed by atoms with E-state index in [-0.39, 0.29) is 28.4 Å². The maximum Gasteiger partial charge on any atom is 0.340 e. The van der Waals surface area contributed by atoms with Gasteiger partial charge in [0, 0.05) is 17.7 Å². The minimum Gasteiger partial charge on any atom is -0.465 e. The molecule has 0 spiro atoms. The fraction of sp³-hybridized carbons (Fsp3) is 0.263. The van der Waals surface area contributed by atoms with Crippen LogP contribution in [0.3, 0.4) is 0 Å². The van der Waals surface area contributed by atoms with E-state index >= 15 is 0 Å². The maximum atomic E-state index is 14.0. The maximum absolute atomic E-state index is 14.0. The summed E-state index contributed by atoms with van der Waals surface area (Å²) in [5.74, 6) is -4.58. The highest BCUT2D eigenvalue weighted by Gasteiger charge is 2.31. The first-order chi connectivity index (χ1) is 14.9. The van der Waals surface area contributed by atoms with Crippen LogP contribution in [0.1, 0.15) is 27.1 Å². The van der Waals surface area contributed by atoms with Gasteiger partial charge in [-0.3, -0.25) is 4.79 Å². The number of hydrogen-bond acceptors (Lipinski definition) is 7. The second-order valence-electron chi connectivity index (χ2n) is 7.00. The van der Waals surface area contributed by atoms with E-state index in [1.807, 2.05) is 0 Å². The van der Waals surface area contributed by atoms with E-state index in [1.165, 1.54) is 0 Å². The lowest BCUT2D eigenvalue weighted by Crippen LogP contribution is -2.35. The molecule has 0 aromatic heterocycles. The summed E-state index contributed by atoms with van der Waals surface area (Å²) in [6, 6.07) is 5.05. The number of ether oxygens (including phenoxy) is 1. The van der Waals surface area contributed by atoms with Gasteiger partial charge in [-0.2, -0.15) is 0 Å². The van der Waals surface area contributed by atoms with E-state index < -0.39 is 60.7 Å². The number of esters is 1. The number of rotatable bonds is 6. The lowest BCUT2D eigenvalue weighted by Gasteiger charge is -2.12. The molecular formula is C19H18F2N2O7S2.